The second kappa shape index (κ2) is 6.51. The van der Waals surface area contributed by atoms with Crippen molar-refractivity contribution in [2.24, 2.45) is 0 Å². The summed E-state index contributed by atoms with van der Waals surface area (Å²) in [4.78, 5) is 14.2. The number of hydrogen-bond donors (Lipinski definition) is 1. The van der Waals surface area contributed by atoms with Crippen molar-refractivity contribution in [2.45, 2.75) is 19.3 Å². The summed E-state index contributed by atoms with van der Waals surface area (Å²) < 4.78 is 13.1. The molecular formula is C16H17FN4O. The normalized spacial score (nSPS) is 14.7. The number of benzene rings is 1. The van der Waals surface area contributed by atoms with Gasteiger partial charge >= 0.3 is 0 Å². The van der Waals surface area contributed by atoms with E-state index in [1.165, 1.54) is 24.6 Å². The van der Waals surface area contributed by atoms with E-state index in [0.29, 0.717) is 5.69 Å². The largest absolute Gasteiger partial charge is 0.355 e. The van der Waals surface area contributed by atoms with Crippen molar-refractivity contribution in [3.63, 3.8) is 0 Å². The van der Waals surface area contributed by atoms with Crippen molar-refractivity contribution in [1.82, 2.24) is 10.2 Å². The van der Waals surface area contributed by atoms with Gasteiger partial charge in [0.15, 0.2) is 11.5 Å². The Labute approximate surface area is 128 Å². The number of nitrogens with one attached hydrogen (secondary N) is 1. The number of piperidine rings is 1. The first kappa shape index (κ1) is 14.4. The fourth-order valence-electron chi connectivity index (χ4n) is 2.50. The number of rotatable bonds is 3. The predicted octanol–water partition coefficient (Wildman–Crippen LogP) is 2.86. The van der Waals surface area contributed by atoms with Gasteiger partial charge < -0.3 is 10.2 Å². The lowest BCUT2D eigenvalue weighted by atomic mass is 10.1. The van der Waals surface area contributed by atoms with E-state index in [9.17, 15) is 9.18 Å². The molecule has 0 spiro atoms. The number of carbonyl (C=O) groups is 1. The SMILES string of the molecule is O=C(Nc1cccc(F)c1)c1ccc(N2CCCCC2)nn1. The molecule has 0 bridgehead atoms. The first-order valence-corrected chi connectivity index (χ1v) is 7.38. The van der Waals surface area contributed by atoms with Crippen molar-refractivity contribution in [2.75, 3.05) is 23.3 Å². The quantitative estimate of drug-likeness (QED) is 0.947. The third-order valence-corrected chi connectivity index (χ3v) is 3.65. The summed E-state index contributed by atoms with van der Waals surface area (Å²) in [5, 5.41) is 10.7. The highest BCUT2D eigenvalue weighted by Gasteiger charge is 2.14. The van der Waals surface area contributed by atoms with Gasteiger partial charge in [-0.15, -0.1) is 10.2 Å². The van der Waals surface area contributed by atoms with Crippen LogP contribution in [0.1, 0.15) is 29.8 Å². The number of aromatic nitrogens is 2. The Morgan fingerprint density at radius 1 is 1.09 bits per heavy atom. The lowest BCUT2D eigenvalue weighted by Gasteiger charge is -2.27. The highest BCUT2D eigenvalue weighted by Crippen LogP contribution is 2.17. The standard InChI is InChI=1S/C16H17FN4O/c17-12-5-4-6-13(11-12)18-16(22)14-7-8-15(20-19-14)21-9-2-1-3-10-21/h4-8,11H,1-3,9-10H2,(H,18,22). The smallest absolute Gasteiger partial charge is 0.276 e. The van der Waals surface area contributed by atoms with Gasteiger partial charge in [0.05, 0.1) is 0 Å². The van der Waals surface area contributed by atoms with Crippen LogP contribution in [0.15, 0.2) is 36.4 Å². The summed E-state index contributed by atoms with van der Waals surface area (Å²) >= 11 is 0. The molecule has 0 saturated carbocycles. The fraction of sp³-hybridized carbons (Fsp3) is 0.312. The maximum atomic E-state index is 13.1. The van der Waals surface area contributed by atoms with Gasteiger partial charge in [0.2, 0.25) is 0 Å². The first-order chi connectivity index (χ1) is 10.7. The van der Waals surface area contributed by atoms with Crippen LogP contribution in [0.5, 0.6) is 0 Å². The van der Waals surface area contributed by atoms with Crippen LogP contribution < -0.4 is 10.2 Å². The highest BCUT2D eigenvalue weighted by molar-refractivity contribution is 6.02. The topological polar surface area (TPSA) is 58.1 Å². The van der Waals surface area contributed by atoms with Gasteiger partial charge in [0.1, 0.15) is 5.82 Å². The summed E-state index contributed by atoms with van der Waals surface area (Å²) in [5.41, 5.74) is 0.608. The van der Waals surface area contributed by atoms with E-state index in [2.05, 4.69) is 20.4 Å². The van der Waals surface area contributed by atoms with Crippen LogP contribution in [-0.2, 0) is 0 Å². The van der Waals surface area contributed by atoms with Crippen LogP contribution >= 0.6 is 0 Å². The molecule has 2 heterocycles. The number of amides is 1. The second-order valence-electron chi connectivity index (χ2n) is 5.29. The molecule has 0 radical (unpaired) electrons. The van der Waals surface area contributed by atoms with Crippen molar-refractivity contribution in [3.05, 3.63) is 47.9 Å². The Morgan fingerprint density at radius 2 is 1.91 bits per heavy atom. The molecule has 1 aliphatic rings. The Balaban J connectivity index is 1.68. The Bertz CT molecular complexity index is 653. The van der Waals surface area contributed by atoms with Crippen molar-refractivity contribution in [3.8, 4) is 0 Å². The third kappa shape index (κ3) is 3.39. The molecule has 1 aliphatic heterocycles. The molecule has 0 atom stereocenters. The minimum atomic E-state index is -0.400. The van der Waals surface area contributed by atoms with E-state index in [0.717, 1.165) is 31.7 Å². The molecular weight excluding hydrogens is 283 g/mol. The first-order valence-electron chi connectivity index (χ1n) is 7.38. The molecule has 5 nitrogen and oxygen atoms in total. The summed E-state index contributed by atoms with van der Waals surface area (Å²) in [6, 6.07) is 9.19. The zero-order valence-corrected chi connectivity index (χ0v) is 12.1. The average molecular weight is 300 g/mol. The average Bonchev–Trinajstić information content (AvgIpc) is 2.56. The van der Waals surface area contributed by atoms with Gasteiger partial charge in [-0.25, -0.2) is 4.39 Å². The van der Waals surface area contributed by atoms with Gasteiger partial charge in [0, 0.05) is 18.8 Å². The van der Waals surface area contributed by atoms with Crippen molar-refractivity contribution < 1.29 is 9.18 Å². The van der Waals surface area contributed by atoms with Crippen LogP contribution in [0.3, 0.4) is 0 Å². The van der Waals surface area contributed by atoms with Crippen LogP contribution in [0.4, 0.5) is 15.9 Å². The molecule has 1 saturated heterocycles. The van der Waals surface area contributed by atoms with Gasteiger partial charge in [-0.1, -0.05) is 6.07 Å². The molecule has 6 heteroatoms. The van der Waals surface area contributed by atoms with Gasteiger partial charge in [-0.3, -0.25) is 4.79 Å². The molecule has 1 N–H and O–H groups in total. The fourth-order valence-corrected chi connectivity index (χ4v) is 2.50. The zero-order valence-electron chi connectivity index (χ0n) is 12.1. The number of hydrogen-bond acceptors (Lipinski definition) is 4. The molecule has 0 unspecified atom stereocenters. The van der Waals surface area contributed by atoms with E-state index in [4.69, 9.17) is 0 Å². The van der Waals surface area contributed by atoms with Crippen molar-refractivity contribution in [1.29, 1.82) is 0 Å². The minimum Gasteiger partial charge on any atom is -0.355 e. The van der Waals surface area contributed by atoms with Crippen LogP contribution in [0.2, 0.25) is 0 Å². The minimum absolute atomic E-state index is 0.213. The molecule has 114 valence electrons. The summed E-state index contributed by atoms with van der Waals surface area (Å²) in [6.07, 6.45) is 3.56. The molecule has 3 rings (SSSR count). The second-order valence-corrected chi connectivity index (χ2v) is 5.29. The zero-order chi connectivity index (χ0) is 15.4. The van der Waals surface area contributed by atoms with Gasteiger partial charge in [-0.2, -0.15) is 0 Å². The third-order valence-electron chi connectivity index (χ3n) is 3.65. The summed E-state index contributed by atoms with van der Waals surface area (Å²) in [6.45, 7) is 1.95. The van der Waals surface area contributed by atoms with E-state index in [1.807, 2.05) is 0 Å². The van der Waals surface area contributed by atoms with E-state index in [1.54, 1.807) is 18.2 Å². The predicted molar refractivity (Wildman–Crippen MR) is 82.4 cm³/mol. The number of halogens is 1. The van der Waals surface area contributed by atoms with Crippen LogP contribution in [0, 0.1) is 5.82 Å². The molecule has 1 aromatic carbocycles. The maximum absolute atomic E-state index is 13.1. The molecule has 0 aliphatic carbocycles. The number of nitrogens with zero attached hydrogens (tertiary/aromatic N) is 3. The monoisotopic (exact) mass is 300 g/mol. The maximum Gasteiger partial charge on any atom is 0.276 e. The Hall–Kier alpha value is -2.50. The van der Waals surface area contributed by atoms with Crippen molar-refractivity contribution >= 4 is 17.4 Å². The van der Waals surface area contributed by atoms with Crippen LogP contribution in [-0.4, -0.2) is 29.2 Å². The Kier molecular flexibility index (Phi) is 4.27. The number of carbonyl (C=O) groups excluding carboxylic acids is 1. The molecule has 2 aromatic rings. The highest BCUT2D eigenvalue weighted by atomic mass is 19.1. The summed E-state index contributed by atoms with van der Waals surface area (Å²) in [5.74, 6) is -0.00497. The van der Waals surface area contributed by atoms with Crippen LogP contribution in [0.25, 0.3) is 0 Å². The van der Waals surface area contributed by atoms with Gasteiger partial charge in [0.25, 0.3) is 5.91 Å². The van der Waals surface area contributed by atoms with E-state index < -0.39 is 11.7 Å². The van der Waals surface area contributed by atoms with E-state index >= 15 is 0 Å². The van der Waals surface area contributed by atoms with E-state index in [-0.39, 0.29) is 5.69 Å². The lowest BCUT2D eigenvalue weighted by Crippen LogP contribution is -2.30. The van der Waals surface area contributed by atoms with Gasteiger partial charge in [-0.05, 0) is 49.6 Å². The molecule has 1 aromatic heterocycles. The lowest BCUT2D eigenvalue weighted by molar-refractivity contribution is 0.102. The number of anilines is 2. The Morgan fingerprint density at radius 3 is 2.59 bits per heavy atom. The summed E-state index contributed by atoms with van der Waals surface area (Å²) in [7, 11) is 0. The molecule has 22 heavy (non-hydrogen) atoms. The molecule has 1 amide bonds. The molecule has 1 fully saturated rings.